The second-order valence-electron chi connectivity index (χ2n) is 1.71. The summed E-state index contributed by atoms with van der Waals surface area (Å²) in [5.74, 6) is 0. The molecule has 0 heterocycles. The van der Waals surface area contributed by atoms with E-state index >= 15 is 0 Å². The molecule has 0 rings (SSSR count). The molecular weight excluding hydrogens is 342 g/mol. The van der Waals surface area contributed by atoms with Gasteiger partial charge in [-0.25, -0.2) is 10.4 Å². The van der Waals surface area contributed by atoms with Gasteiger partial charge in [0.1, 0.15) is 4.91 Å². The molecule has 0 radical (unpaired) electrons. The van der Waals surface area contributed by atoms with Crippen molar-refractivity contribution in [1.29, 1.82) is 0 Å². The first kappa shape index (κ1) is 30.2. The predicted molar refractivity (Wildman–Crippen MR) is 63.7 cm³/mol. The molecule has 0 amide bonds. The Bertz CT molecular complexity index is 96.2. The van der Waals surface area contributed by atoms with Gasteiger partial charge >= 0.3 is 55.5 Å². The molecule has 9 nitrogen and oxygen atoms in total. The van der Waals surface area contributed by atoms with Gasteiger partial charge in [0.15, 0.2) is 0 Å². The third-order valence-electron chi connectivity index (χ3n) is 0.352. The average Bonchev–Trinajstić information content (AvgIpc) is 2.28. The van der Waals surface area contributed by atoms with Crippen molar-refractivity contribution >= 4 is 16.0 Å². The van der Waals surface area contributed by atoms with Gasteiger partial charge in [-0.1, -0.05) is 0 Å². The van der Waals surface area contributed by atoms with E-state index in [0.29, 0.717) is 6.54 Å². The van der Waals surface area contributed by atoms with Gasteiger partial charge in [-0.2, -0.15) is 26.2 Å². The van der Waals surface area contributed by atoms with Crippen LogP contribution in [0.3, 0.4) is 0 Å². The average molecular weight is 361 g/mol. The van der Waals surface area contributed by atoms with E-state index in [-0.39, 0.29) is 43.0 Å². The summed E-state index contributed by atoms with van der Waals surface area (Å²) in [6.07, 6.45) is 0. The number of rotatable bonds is 3. The molecule has 0 aromatic rings. The van der Waals surface area contributed by atoms with Crippen molar-refractivity contribution < 1.29 is 32.3 Å². The molecule has 0 aliphatic heterocycles. The Morgan fingerprint density at radius 1 is 0.824 bits per heavy atom. The van der Waals surface area contributed by atoms with Crippen LogP contribution in [-0.4, -0.2) is 64.2 Å². The zero-order valence-electron chi connectivity index (χ0n) is 9.23. The molecule has 0 fully saturated rings. The number of nitrogens with zero attached hydrogens (tertiary/aromatic N) is 1. The fourth-order valence-corrected chi connectivity index (χ4v) is 0. The third-order valence-corrected chi connectivity index (χ3v) is 0.780. The number of hydrogen-bond donors (Lipinski definition) is 2. The van der Waals surface area contributed by atoms with E-state index in [1.54, 1.807) is 0 Å². The van der Waals surface area contributed by atoms with Gasteiger partial charge in [-0.15, -0.1) is 0 Å². The SMILES string of the molecule is O=[N+](O)O.[Co+3].[NH-]CC[NH-].[NH-]CC[NH-].[NH-]CC[Se-]. The second-order valence-corrected chi connectivity index (χ2v) is 2.56. The van der Waals surface area contributed by atoms with Crippen molar-refractivity contribution in [3.05, 3.63) is 33.6 Å². The van der Waals surface area contributed by atoms with Crippen LogP contribution in [0.15, 0.2) is 0 Å². The third kappa shape index (κ3) is 344. The fraction of sp³-hybridized carbons (Fsp3) is 1.00. The van der Waals surface area contributed by atoms with Crippen LogP contribution in [0.1, 0.15) is 0 Å². The molecule has 0 aliphatic carbocycles. The molecule has 0 aromatic heterocycles. The molecule has 0 bridgehead atoms. The van der Waals surface area contributed by atoms with Gasteiger partial charge < -0.3 is 22.9 Å². The van der Waals surface area contributed by atoms with E-state index in [4.69, 9.17) is 44.0 Å². The number of nitrogens with one attached hydrogen (secondary N) is 5. The Kier molecular flexibility index (Phi) is 79.0. The van der Waals surface area contributed by atoms with E-state index in [1.165, 1.54) is 0 Å². The first-order chi connectivity index (χ1) is 7.47. The molecule has 0 unspecified atom stereocenters. The van der Waals surface area contributed by atoms with Crippen molar-refractivity contribution in [1.82, 2.24) is 0 Å². The Hall–Kier alpha value is 0.0260. The van der Waals surface area contributed by atoms with Gasteiger partial charge in [0.25, 0.3) is 0 Å². The topological polar surface area (TPSA) is 180 Å². The molecule has 17 heavy (non-hydrogen) atoms. The summed E-state index contributed by atoms with van der Waals surface area (Å²) in [5, 5.41) is 13.4. The summed E-state index contributed by atoms with van der Waals surface area (Å²) in [5.41, 5.74) is 31.5. The van der Waals surface area contributed by atoms with Gasteiger partial charge in [-0.05, 0) is 0 Å². The van der Waals surface area contributed by atoms with Crippen LogP contribution in [-0.2, 0) is 16.8 Å². The molecule has 0 spiro atoms. The first-order valence-electron chi connectivity index (χ1n) is 4.14. The zero-order valence-corrected chi connectivity index (χ0v) is 12.0. The van der Waals surface area contributed by atoms with Crippen LogP contribution in [0.2, 0.25) is 5.32 Å². The summed E-state index contributed by atoms with van der Waals surface area (Å²) in [7, 11) is 0. The van der Waals surface area contributed by atoms with Crippen molar-refractivity contribution in [3.8, 4) is 0 Å². The Balaban J connectivity index is -0.0000000369. The van der Waals surface area contributed by atoms with Crippen LogP contribution < -0.4 is 0 Å². The summed E-state index contributed by atoms with van der Waals surface area (Å²) in [6, 6.07) is 0. The van der Waals surface area contributed by atoms with E-state index < -0.39 is 5.09 Å². The maximum atomic E-state index is 8.47. The first-order valence-corrected chi connectivity index (χ1v) is 5.35. The quantitative estimate of drug-likeness (QED) is 0.579. The molecule has 0 saturated heterocycles. The van der Waals surface area contributed by atoms with E-state index in [2.05, 4.69) is 16.0 Å². The second kappa shape index (κ2) is 44.4. The molecular formula is C6H19CoN6O3Se-2. The van der Waals surface area contributed by atoms with E-state index in [0.717, 1.165) is 5.32 Å². The van der Waals surface area contributed by atoms with Gasteiger partial charge in [0, 0.05) is 0 Å². The van der Waals surface area contributed by atoms with Gasteiger partial charge in [-0.3, -0.25) is 0 Å². The molecule has 11 heteroatoms. The molecule has 0 aromatic carbocycles. The maximum absolute atomic E-state index is 8.47. The van der Waals surface area contributed by atoms with Crippen LogP contribution in [0.4, 0.5) is 0 Å². The van der Waals surface area contributed by atoms with Crippen LogP contribution in [0.5, 0.6) is 0 Å². The van der Waals surface area contributed by atoms with E-state index in [9.17, 15) is 0 Å². The molecule has 0 saturated carbocycles. The zero-order chi connectivity index (χ0) is 13.8. The minimum absolute atomic E-state index is 0. The van der Waals surface area contributed by atoms with Gasteiger partial charge in [0.05, 0.1) is 0 Å². The van der Waals surface area contributed by atoms with Crippen molar-refractivity contribution in [3.63, 3.8) is 0 Å². The van der Waals surface area contributed by atoms with E-state index in [1.807, 2.05) is 0 Å². The van der Waals surface area contributed by atoms with Crippen LogP contribution in [0, 0.1) is 4.91 Å². The molecule has 108 valence electrons. The van der Waals surface area contributed by atoms with Gasteiger partial charge in [0.2, 0.25) is 0 Å². The summed E-state index contributed by atoms with van der Waals surface area (Å²) in [4.78, 5) is 8.47. The monoisotopic (exact) mass is 362 g/mol. The normalized spacial score (nSPS) is 6.71. The van der Waals surface area contributed by atoms with Crippen molar-refractivity contribution in [2.75, 3.05) is 32.7 Å². The van der Waals surface area contributed by atoms with Crippen molar-refractivity contribution in [2.45, 2.75) is 5.32 Å². The van der Waals surface area contributed by atoms with Crippen LogP contribution >= 0.6 is 0 Å². The van der Waals surface area contributed by atoms with Crippen LogP contribution in [0.25, 0.3) is 28.7 Å². The Morgan fingerprint density at radius 2 is 0.941 bits per heavy atom. The molecule has 0 atom stereocenters. The summed E-state index contributed by atoms with van der Waals surface area (Å²) >= 11 is 2.70. The Morgan fingerprint density at radius 3 is 0.941 bits per heavy atom. The summed E-state index contributed by atoms with van der Waals surface area (Å²) < 4.78 is 0. The predicted octanol–water partition coefficient (Wildman–Crippen LogP) is 2.35. The molecule has 0 aliphatic rings. The minimum atomic E-state index is -1.25. The fourth-order valence-electron chi connectivity index (χ4n) is 0. The number of hydrogen-bond acceptors (Lipinski definition) is 1. The summed E-state index contributed by atoms with van der Waals surface area (Å²) in [6.45, 7) is 1.46. The standard InChI is InChI=1S/2C2H6N2.C2H6NSe.Co.H2NO3/c3*3-1-2-4;;2-1(3)4/h3*3-4H,1-2H2;;(H2,2,3,4)/q2*-2;-1;+3;+1/p-1. The van der Waals surface area contributed by atoms with Crippen molar-refractivity contribution in [2.24, 2.45) is 0 Å². The molecule has 7 N–H and O–H groups in total. The Labute approximate surface area is 120 Å².